The summed E-state index contributed by atoms with van der Waals surface area (Å²) >= 11 is 0. The van der Waals surface area contributed by atoms with Crippen LogP contribution in [0.5, 0.6) is 5.75 Å². The molecule has 21 heavy (non-hydrogen) atoms. The van der Waals surface area contributed by atoms with Gasteiger partial charge < -0.3 is 25.2 Å². The fourth-order valence-corrected chi connectivity index (χ4v) is 2.34. The van der Waals surface area contributed by atoms with Crippen molar-refractivity contribution < 1.29 is 19.4 Å². The van der Waals surface area contributed by atoms with Crippen LogP contribution in [0.4, 0.5) is 5.69 Å². The van der Waals surface area contributed by atoms with Crippen molar-refractivity contribution in [1.29, 1.82) is 0 Å². The minimum absolute atomic E-state index is 0.118. The number of carbonyl (C=O) groups excluding carboxylic acids is 1. The van der Waals surface area contributed by atoms with E-state index in [2.05, 4.69) is 10.6 Å². The number of ether oxygens (including phenoxy) is 2. The van der Waals surface area contributed by atoms with Crippen LogP contribution in [0, 0.1) is 0 Å². The van der Waals surface area contributed by atoms with Crippen LogP contribution in [-0.4, -0.2) is 49.5 Å². The first-order valence-electron chi connectivity index (χ1n) is 7.03. The fourth-order valence-electron chi connectivity index (χ4n) is 2.34. The van der Waals surface area contributed by atoms with Crippen LogP contribution in [0.1, 0.15) is 13.3 Å². The third-order valence-electron chi connectivity index (χ3n) is 3.76. The summed E-state index contributed by atoms with van der Waals surface area (Å²) in [5.74, 6) is 0.428. The molecule has 1 saturated heterocycles. The highest BCUT2D eigenvalue weighted by Gasteiger charge is 2.39. The molecule has 6 heteroatoms. The molecule has 0 spiro atoms. The van der Waals surface area contributed by atoms with E-state index in [0.29, 0.717) is 31.0 Å². The molecule has 1 amide bonds. The van der Waals surface area contributed by atoms with Gasteiger partial charge in [-0.2, -0.15) is 0 Å². The first-order valence-corrected chi connectivity index (χ1v) is 7.03. The number of carbonyl (C=O) groups is 1. The standard InChI is InChI=1S/C15H22N2O4/c1-11-15(19,7-8-21-11)10-16-9-14(18)17-12-5-3-4-6-13(12)20-2/h3-6,11,16,19H,7-10H2,1-2H3,(H,17,18). The Balaban J connectivity index is 1.80. The Hall–Kier alpha value is -1.63. The van der Waals surface area contributed by atoms with Gasteiger partial charge in [-0.25, -0.2) is 0 Å². The Bertz CT molecular complexity index is 494. The summed E-state index contributed by atoms with van der Waals surface area (Å²) < 4.78 is 10.5. The number of anilines is 1. The average molecular weight is 294 g/mol. The number of nitrogens with one attached hydrogen (secondary N) is 2. The van der Waals surface area contributed by atoms with Crippen molar-refractivity contribution in [3.8, 4) is 5.75 Å². The van der Waals surface area contributed by atoms with E-state index in [1.54, 1.807) is 19.2 Å². The number of aliphatic hydroxyl groups is 1. The minimum Gasteiger partial charge on any atom is -0.495 e. The fraction of sp³-hybridized carbons (Fsp3) is 0.533. The number of methoxy groups -OCH3 is 1. The highest BCUT2D eigenvalue weighted by Crippen LogP contribution is 2.25. The lowest BCUT2D eigenvalue weighted by Crippen LogP contribution is -2.47. The lowest BCUT2D eigenvalue weighted by atomic mass is 9.97. The summed E-state index contributed by atoms with van der Waals surface area (Å²) in [6.45, 7) is 2.83. The topological polar surface area (TPSA) is 79.8 Å². The lowest BCUT2D eigenvalue weighted by Gasteiger charge is -2.26. The molecule has 2 rings (SSSR count). The minimum atomic E-state index is -0.898. The quantitative estimate of drug-likeness (QED) is 0.722. The smallest absolute Gasteiger partial charge is 0.238 e. The van der Waals surface area contributed by atoms with E-state index in [1.165, 1.54) is 0 Å². The molecule has 0 aromatic heterocycles. The van der Waals surface area contributed by atoms with Crippen molar-refractivity contribution in [3.63, 3.8) is 0 Å². The van der Waals surface area contributed by atoms with Gasteiger partial charge in [-0.3, -0.25) is 4.79 Å². The van der Waals surface area contributed by atoms with Crippen LogP contribution in [-0.2, 0) is 9.53 Å². The van der Waals surface area contributed by atoms with Gasteiger partial charge in [-0.15, -0.1) is 0 Å². The molecule has 3 N–H and O–H groups in total. The van der Waals surface area contributed by atoms with Gasteiger partial charge in [0.2, 0.25) is 5.91 Å². The predicted molar refractivity (Wildman–Crippen MR) is 79.5 cm³/mol. The normalized spacial score (nSPS) is 24.8. The van der Waals surface area contributed by atoms with Gasteiger partial charge in [0.05, 0.1) is 25.4 Å². The molecule has 0 aliphatic carbocycles. The van der Waals surface area contributed by atoms with E-state index in [0.717, 1.165) is 0 Å². The van der Waals surface area contributed by atoms with Crippen molar-refractivity contribution >= 4 is 11.6 Å². The van der Waals surface area contributed by atoms with Crippen LogP contribution >= 0.6 is 0 Å². The second-order valence-corrected chi connectivity index (χ2v) is 5.22. The zero-order chi connectivity index (χ0) is 15.3. The first kappa shape index (κ1) is 15.8. The molecule has 1 aromatic carbocycles. The van der Waals surface area contributed by atoms with Gasteiger partial charge in [-0.05, 0) is 19.1 Å². The molecule has 116 valence electrons. The number of amides is 1. The Morgan fingerprint density at radius 2 is 2.29 bits per heavy atom. The van der Waals surface area contributed by atoms with Crippen LogP contribution in [0.15, 0.2) is 24.3 Å². The van der Waals surface area contributed by atoms with Crippen molar-refractivity contribution in [2.75, 3.05) is 32.1 Å². The molecule has 1 aromatic rings. The number of hydrogen-bond donors (Lipinski definition) is 3. The van der Waals surface area contributed by atoms with Gasteiger partial charge in [-0.1, -0.05) is 12.1 Å². The number of para-hydroxylation sites is 2. The van der Waals surface area contributed by atoms with Gasteiger partial charge in [0, 0.05) is 19.6 Å². The van der Waals surface area contributed by atoms with Gasteiger partial charge >= 0.3 is 0 Å². The van der Waals surface area contributed by atoms with Crippen LogP contribution in [0.25, 0.3) is 0 Å². The highest BCUT2D eigenvalue weighted by atomic mass is 16.5. The SMILES string of the molecule is COc1ccccc1NC(=O)CNCC1(O)CCOC1C. The maximum atomic E-state index is 11.9. The molecule has 2 unspecified atom stereocenters. The predicted octanol–water partition coefficient (Wildman–Crippen LogP) is 0.763. The van der Waals surface area contributed by atoms with Gasteiger partial charge in [0.15, 0.2) is 0 Å². The Morgan fingerprint density at radius 3 is 2.95 bits per heavy atom. The second kappa shape index (κ2) is 6.89. The molecular weight excluding hydrogens is 272 g/mol. The Kier molecular flexibility index (Phi) is 5.17. The lowest BCUT2D eigenvalue weighted by molar-refractivity contribution is -0.115. The first-order chi connectivity index (χ1) is 10.0. The molecule has 6 nitrogen and oxygen atoms in total. The summed E-state index contributed by atoms with van der Waals surface area (Å²) in [5, 5.41) is 16.0. The summed E-state index contributed by atoms with van der Waals surface area (Å²) in [6, 6.07) is 7.22. The number of benzene rings is 1. The molecule has 1 aliphatic heterocycles. The van der Waals surface area contributed by atoms with E-state index in [-0.39, 0.29) is 18.6 Å². The van der Waals surface area contributed by atoms with E-state index in [4.69, 9.17) is 9.47 Å². The van der Waals surface area contributed by atoms with E-state index < -0.39 is 5.60 Å². The Labute approximate surface area is 124 Å². The third kappa shape index (κ3) is 3.93. The second-order valence-electron chi connectivity index (χ2n) is 5.22. The van der Waals surface area contributed by atoms with E-state index >= 15 is 0 Å². The molecular formula is C15H22N2O4. The monoisotopic (exact) mass is 294 g/mol. The van der Waals surface area contributed by atoms with E-state index in [1.807, 2.05) is 19.1 Å². The zero-order valence-corrected chi connectivity index (χ0v) is 12.4. The molecule has 1 heterocycles. The molecule has 0 saturated carbocycles. The molecule has 1 fully saturated rings. The molecule has 0 bridgehead atoms. The van der Waals surface area contributed by atoms with Crippen LogP contribution < -0.4 is 15.4 Å². The van der Waals surface area contributed by atoms with Crippen molar-refractivity contribution in [2.45, 2.75) is 25.0 Å². The summed E-state index contributed by atoms with van der Waals surface area (Å²) in [4.78, 5) is 11.9. The highest BCUT2D eigenvalue weighted by molar-refractivity contribution is 5.93. The zero-order valence-electron chi connectivity index (χ0n) is 12.4. The van der Waals surface area contributed by atoms with Crippen LogP contribution in [0.2, 0.25) is 0 Å². The average Bonchev–Trinajstić information content (AvgIpc) is 2.79. The summed E-state index contributed by atoms with van der Waals surface area (Å²) in [6.07, 6.45) is 0.359. The largest absolute Gasteiger partial charge is 0.495 e. The number of hydrogen-bond acceptors (Lipinski definition) is 5. The Morgan fingerprint density at radius 1 is 1.52 bits per heavy atom. The number of rotatable bonds is 6. The van der Waals surface area contributed by atoms with Crippen LogP contribution in [0.3, 0.4) is 0 Å². The maximum Gasteiger partial charge on any atom is 0.238 e. The maximum absolute atomic E-state index is 11.9. The summed E-state index contributed by atoms with van der Waals surface area (Å²) in [7, 11) is 1.56. The van der Waals surface area contributed by atoms with Crippen molar-refractivity contribution in [1.82, 2.24) is 5.32 Å². The molecule has 1 aliphatic rings. The van der Waals surface area contributed by atoms with E-state index in [9.17, 15) is 9.90 Å². The van der Waals surface area contributed by atoms with Crippen molar-refractivity contribution in [2.24, 2.45) is 0 Å². The molecule has 0 radical (unpaired) electrons. The van der Waals surface area contributed by atoms with Crippen molar-refractivity contribution in [3.05, 3.63) is 24.3 Å². The third-order valence-corrected chi connectivity index (χ3v) is 3.76. The van der Waals surface area contributed by atoms with Gasteiger partial charge in [0.25, 0.3) is 0 Å². The molecule has 2 atom stereocenters. The van der Waals surface area contributed by atoms with Gasteiger partial charge in [0.1, 0.15) is 11.4 Å². The summed E-state index contributed by atoms with van der Waals surface area (Å²) in [5.41, 5.74) is -0.270.